The van der Waals surface area contributed by atoms with Crippen molar-refractivity contribution in [2.24, 2.45) is 0 Å². The molecule has 1 aromatic heterocycles. The van der Waals surface area contributed by atoms with Gasteiger partial charge in [-0.25, -0.2) is 13.4 Å². The van der Waals surface area contributed by atoms with E-state index in [1.54, 1.807) is 6.07 Å². The number of hydrogen-bond acceptors (Lipinski definition) is 7. The van der Waals surface area contributed by atoms with Gasteiger partial charge in [0.15, 0.2) is 0 Å². The molecule has 0 atom stereocenters. The van der Waals surface area contributed by atoms with E-state index in [1.165, 1.54) is 25.4 Å². The van der Waals surface area contributed by atoms with Gasteiger partial charge in [-0.05, 0) is 25.0 Å². The van der Waals surface area contributed by atoms with Gasteiger partial charge in [-0.15, -0.1) is 13.2 Å². The summed E-state index contributed by atoms with van der Waals surface area (Å²) in [5.41, 5.74) is 0. The third-order valence-electron chi connectivity index (χ3n) is 4.17. The van der Waals surface area contributed by atoms with E-state index in [9.17, 15) is 21.6 Å². The van der Waals surface area contributed by atoms with Crippen molar-refractivity contribution in [3.8, 4) is 17.6 Å². The minimum atomic E-state index is -4.99. The fourth-order valence-electron chi connectivity index (χ4n) is 2.86. The fraction of sp³-hybridized carbons (Fsp3) is 0.412. The predicted octanol–water partition coefficient (Wildman–Crippen LogP) is 2.62. The molecule has 0 N–H and O–H groups in total. The summed E-state index contributed by atoms with van der Waals surface area (Å²) in [5, 5.41) is 0. The Morgan fingerprint density at radius 2 is 1.83 bits per heavy atom. The first kappa shape index (κ1) is 21.1. The number of ether oxygens (including phenoxy) is 3. The first-order chi connectivity index (χ1) is 13.7. The minimum Gasteiger partial charge on any atom is -0.474 e. The highest BCUT2D eigenvalue weighted by atomic mass is 32.2. The van der Waals surface area contributed by atoms with Crippen LogP contribution in [0.15, 0.2) is 41.4 Å². The van der Waals surface area contributed by atoms with Gasteiger partial charge in [0.05, 0.1) is 7.11 Å². The maximum Gasteiger partial charge on any atom is 0.573 e. The Kier molecular flexibility index (Phi) is 6.13. The van der Waals surface area contributed by atoms with E-state index in [0.29, 0.717) is 18.7 Å². The highest BCUT2D eigenvalue weighted by molar-refractivity contribution is 7.89. The van der Waals surface area contributed by atoms with Gasteiger partial charge in [0, 0.05) is 25.4 Å². The molecule has 2 aromatic rings. The molecule has 0 bridgehead atoms. The van der Waals surface area contributed by atoms with Gasteiger partial charge < -0.3 is 14.2 Å². The Labute approximate surface area is 165 Å². The molecule has 0 aliphatic carbocycles. The SMILES string of the molecule is COc1nccc(OC2CCN(S(=O)(=O)c3ccccc3OC(F)(F)F)CC2)n1. The molecule has 0 spiro atoms. The van der Waals surface area contributed by atoms with Gasteiger partial charge >= 0.3 is 12.4 Å². The number of hydrogen-bond donors (Lipinski definition) is 0. The lowest BCUT2D eigenvalue weighted by Crippen LogP contribution is -2.42. The molecule has 1 aliphatic heterocycles. The van der Waals surface area contributed by atoms with E-state index >= 15 is 0 Å². The van der Waals surface area contributed by atoms with Crippen LogP contribution in [0.2, 0.25) is 0 Å². The van der Waals surface area contributed by atoms with E-state index < -0.39 is 27.0 Å². The topological polar surface area (TPSA) is 90.9 Å². The molecular formula is C17H18F3N3O5S. The molecule has 8 nitrogen and oxygen atoms in total. The van der Waals surface area contributed by atoms with Crippen molar-refractivity contribution >= 4 is 10.0 Å². The maximum atomic E-state index is 12.8. The zero-order valence-corrected chi connectivity index (χ0v) is 16.1. The molecule has 1 aliphatic rings. The van der Waals surface area contributed by atoms with E-state index in [0.717, 1.165) is 16.4 Å². The number of halogens is 3. The smallest absolute Gasteiger partial charge is 0.474 e. The summed E-state index contributed by atoms with van der Waals surface area (Å²) < 4.78 is 79.1. The van der Waals surface area contributed by atoms with Crippen LogP contribution < -0.4 is 14.2 Å². The van der Waals surface area contributed by atoms with Crippen molar-refractivity contribution < 1.29 is 35.8 Å². The lowest BCUT2D eigenvalue weighted by atomic mass is 10.1. The van der Waals surface area contributed by atoms with E-state index in [2.05, 4.69) is 14.7 Å². The number of nitrogens with zero attached hydrogens (tertiary/aromatic N) is 3. The van der Waals surface area contributed by atoms with E-state index in [1.807, 2.05) is 0 Å². The van der Waals surface area contributed by atoms with Crippen LogP contribution in [-0.2, 0) is 10.0 Å². The average molecular weight is 433 g/mol. The van der Waals surface area contributed by atoms with Crippen molar-refractivity contribution in [1.82, 2.24) is 14.3 Å². The third-order valence-corrected chi connectivity index (χ3v) is 6.11. The van der Waals surface area contributed by atoms with Gasteiger partial charge in [-0.3, -0.25) is 0 Å². The van der Waals surface area contributed by atoms with Gasteiger partial charge in [0.1, 0.15) is 16.7 Å². The van der Waals surface area contributed by atoms with Crippen LogP contribution in [0.1, 0.15) is 12.8 Å². The molecule has 158 valence electrons. The summed E-state index contributed by atoms with van der Waals surface area (Å²) in [7, 11) is -2.75. The Balaban J connectivity index is 1.69. The number of sulfonamides is 1. The summed E-state index contributed by atoms with van der Waals surface area (Å²) >= 11 is 0. The normalized spacial score (nSPS) is 16.4. The Bertz CT molecular complexity index is 947. The molecular weight excluding hydrogens is 415 g/mol. The van der Waals surface area contributed by atoms with Crippen molar-refractivity contribution in [3.05, 3.63) is 36.5 Å². The van der Waals surface area contributed by atoms with Crippen LogP contribution in [0.3, 0.4) is 0 Å². The number of para-hydroxylation sites is 1. The van der Waals surface area contributed by atoms with Gasteiger partial charge in [0.2, 0.25) is 15.9 Å². The van der Waals surface area contributed by atoms with Gasteiger partial charge in [-0.1, -0.05) is 12.1 Å². The van der Waals surface area contributed by atoms with Crippen LogP contribution in [0, 0.1) is 0 Å². The molecule has 3 rings (SSSR count). The number of rotatable bonds is 6. The van der Waals surface area contributed by atoms with Crippen LogP contribution in [0.4, 0.5) is 13.2 Å². The Morgan fingerprint density at radius 1 is 1.14 bits per heavy atom. The summed E-state index contributed by atoms with van der Waals surface area (Å²) in [5.74, 6) is -0.464. The summed E-state index contributed by atoms with van der Waals surface area (Å²) in [4.78, 5) is 7.38. The lowest BCUT2D eigenvalue weighted by molar-refractivity contribution is -0.275. The molecule has 12 heteroatoms. The second-order valence-corrected chi connectivity index (χ2v) is 8.00. The predicted molar refractivity (Wildman–Crippen MR) is 94.1 cm³/mol. The van der Waals surface area contributed by atoms with Gasteiger partial charge in [0.25, 0.3) is 0 Å². The number of piperidine rings is 1. The average Bonchev–Trinajstić information content (AvgIpc) is 2.67. The monoisotopic (exact) mass is 433 g/mol. The number of aromatic nitrogens is 2. The first-order valence-corrected chi connectivity index (χ1v) is 10.0. The highest BCUT2D eigenvalue weighted by Gasteiger charge is 2.36. The minimum absolute atomic E-state index is 0.0789. The van der Waals surface area contributed by atoms with Crippen LogP contribution in [-0.4, -0.2) is 55.4 Å². The summed E-state index contributed by atoms with van der Waals surface area (Å²) in [6, 6.07) is 6.37. The third kappa shape index (κ3) is 5.26. The van der Waals surface area contributed by atoms with Crippen molar-refractivity contribution in [2.45, 2.75) is 30.2 Å². The van der Waals surface area contributed by atoms with E-state index in [-0.39, 0.29) is 25.2 Å². The number of methoxy groups -OCH3 is 1. The molecule has 0 radical (unpaired) electrons. The largest absolute Gasteiger partial charge is 0.573 e. The fourth-order valence-corrected chi connectivity index (χ4v) is 4.45. The second kappa shape index (κ2) is 8.41. The van der Waals surface area contributed by atoms with E-state index in [4.69, 9.17) is 9.47 Å². The Hall–Kier alpha value is -2.60. The van der Waals surface area contributed by atoms with Crippen molar-refractivity contribution in [2.75, 3.05) is 20.2 Å². The first-order valence-electron chi connectivity index (χ1n) is 8.57. The quantitative estimate of drug-likeness (QED) is 0.692. The zero-order chi connectivity index (χ0) is 21.1. The number of benzene rings is 1. The molecule has 2 heterocycles. The molecule has 0 unspecified atom stereocenters. The highest BCUT2D eigenvalue weighted by Crippen LogP contribution is 2.32. The molecule has 1 saturated heterocycles. The van der Waals surface area contributed by atoms with Crippen LogP contribution in [0.25, 0.3) is 0 Å². The van der Waals surface area contributed by atoms with Crippen molar-refractivity contribution in [3.63, 3.8) is 0 Å². The number of alkyl halides is 3. The molecule has 29 heavy (non-hydrogen) atoms. The lowest BCUT2D eigenvalue weighted by Gasteiger charge is -2.31. The zero-order valence-electron chi connectivity index (χ0n) is 15.3. The van der Waals surface area contributed by atoms with Crippen LogP contribution in [0.5, 0.6) is 17.6 Å². The van der Waals surface area contributed by atoms with Crippen LogP contribution >= 0.6 is 0 Å². The maximum absolute atomic E-state index is 12.8. The molecule has 0 amide bonds. The molecule has 1 fully saturated rings. The Morgan fingerprint density at radius 3 is 2.48 bits per heavy atom. The van der Waals surface area contributed by atoms with Gasteiger partial charge in [-0.2, -0.15) is 9.29 Å². The standard InChI is InChI=1S/C17H18F3N3O5S/c1-26-16-21-9-6-15(22-16)27-12-7-10-23(11-8-12)29(24,25)14-5-3-2-4-13(14)28-17(18,19)20/h2-6,9,12H,7-8,10-11H2,1H3. The van der Waals surface area contributed by atoms with Crippen molar-refractivity contribution in [1.29, 1.82) is 0 Å². The summed E-state index contributed by atoms with van der Waals surface area (Å²) in [6.07, 6.45) is -3.15. The molecule has 0 saturated carbocycles. The summed E-state index contributed by atoms with van der Waals surface area (Å²) in [6.45, 7) is 0.158. The second-order valence-electron chi connectivity index (χ2n) is 6.10. The molecule has 1 aromatic carbocycles.